The lowest BCUT2D eigenvalue weighted by atomic mass is 10.0. The third-order valence-electron chi connectivity index (χ3n) is 5.24. The highest BCUT2D eigenvalue weighted by molar-refractivity contribution is 7.99. The number of thioether (sulfide) groups is 1. The van der Waals surface area contributed by atoms with Crippen LogP contribution in [-0.4, -0.2) is 26.7 Å². The molecular weight excluding hydrogens is 410 g/mol. The molecule has 8 heteroatoms. The second-order valence-corrected chi connectivity index (χ2v) is 8.50. The van der Waals surface area contributed by atoms with Gasteiger partial charge in [-0.2, -0.15) is 0 Å². The quantitative estimate of drug-likeness (QED) is 0.321. The number of aromatic nitrogens is 4. The van der Waals surface area contributed by atoms with Crippen LogP contribution >= 0.6 is 11.8 Å². The van der Waals surface area contributed by atoms with Crippen LogP contribution in [0, 0.1) is 0 Å². The van der Waals surface area contributed by atoms with Gasteiger partial charge in [0.2, 0.25) is 5.91 Å². The fraction of sp³-hybridized carbons (Fsp3) is 0.348. The molecule has 1 atom stereocenters. The molecule has 1 aromatic carbocycles. The van der Waals surface area contributed by atoms with Gasteiger partial charge in [-0.05, 0) is 30.7 Å². The molecule has 4 rings (SSSR count). The molecule has 31 heavy (non-hydrogen) atoms. The first kappa shape index (κ1) is 21.2. The third kappa shape index (κ3) is 4.25. The van der Waals surface area contributed by atoms with Gasteiger partial charge in [-0.3, -0.25) is 9.78 Å². The Bertz CT molecular complexity index is 1080. The molecule has 1 aliphatic heterocycles. The number of nitrogens with zero attached hydrogens (tertiary/aromatic N) is 5. The first-order valence-electron chi connectivity index (χ1n) is 10.6. The van der Waals surface area contributed by atoms with Crippen LogP contribution in [0.5, 0.6) is 5.88 Å². The SMILES string of the molecule is CCCCCCSc1nc([O-])c2[n+](n1)C(c1ccccn1)N(C(C)=O)c1ccccc1-2. The number of carbonyl (C=O) groups is 1. The number of carbonyl (C=O) groups excluding carboxylic acids is 1. The zero-order chi connectivity index (χ0) is 21.8. The van der Waals surface area contributed by atoms with Crippen molar-refractivity contribution in [1.82, 2.24) is 15.1 Å². The first-order chi connectivity index (χ1) is 15.1. The van der Waals surface area contributed by atoms with Gasteiger partial charge in [0.05, 0.1) is 17.1 Å². The molecule has 0 bridgehead atoms. The number of rotatable bonds is 7. The Morgan fingerprint density at radius 3 is 2.71 bits per heavy atom. The molecule has 0 fully saturated rings. The van der Waals surface area contributed by atoms with Gasteiger partial charge in [-0.15, -0.1) is 0 Å². The standard InChI is InChI=1S/C23H25N5O2S/c1-3-4-5-10-15-31-23-25-21(30)20-17-11-6-7-13-19(17)27(16(2)29)22(28(20)26-23)18-12-8-9-14-24-18/h6-9,11-14,22H,3-5,10,15H2,1-2H3. The van der Waals surface area contributed by atoms with E-state index in [-0.39, 0.29) is 11.8 Å². The second kappa shape index (κ2) is 9.43. The molecule has 7 nitrogen and oxygen atoms in total. The lowest BCUT2D eigenvalue weighted by Crippen LogP contribution is -2.59. The lowest BCUT2D eigenvalue weighted by molar-refractivity contribution is -0.764. The van der Waals surface area contributed by atoms with Crippen molar-refractivity contribution in [3.63, 3.8) is 0 Å². The van der Waals surface area contributed by atoms with E-state index >= 15 is 0 Å². The van der Waals surface area contributed by atoms with Crippen molar-refractivity contribution in [2.24, 2.45) is 0 Å². The van der Waals surface area contributed by atoms with Gasteiger partial charge in [0, 0.05) is 24.0 Å². The number of hydrogen-bond acceptors (Lipinski definition) is 6. The smallest absolute Gasteiger partial charge is 0.309 e. The van der Waals surface area contributed by atoms with E-state index in [9.17, 15) is 9.90 Å². The average molecular weight is 436 g/mol. The fourth-order valence-electron chi connectivity index (χ4n) is 3.82. The molecule has 0 saturated heterocycles. The molecule has 1 amide bonds. The number of pyridine rings is 1. The number of hydrogen-bond donors (Lipinski definition) is 0. The summed E-state index contributed by atoms with van der Waals surface area (Å²) in [5.41, 5.74) is 2.32. The van der Waals surface area contributed by atoms with Gasteiger partial charge in [-0.1, -0.05) is 60.8 Å². The van der Waals surface area contributed by atoms with Crippen molar-refractivity contribution in [1.29, 1.82) is 0 Å². The van der Waals surface area contributed by atoms with E-state index in [1.807, 2.05) is 42.5 Å². The Labute approximate surface area is 186 Å². The minimum absolute atomic E-state index is 0.152. The fourth-order valence-corrected chi connectivity index (χ4v) is 4.65. The topological polar surface area (TPSA) is 85.9 Å². The number of unbranched alkanes of at least 4 members (excludes halogenated alkanes) is 3. The van der Waals surface area contributed by atoms with Crippen molar-refractivity contribution in [3.8, 4) is 17.1 Å². The first-order valence-corrected chi connectivity index (χ1v) is 11.5. The normalized spacial score (nSPS) is 14.8. The highest BCUT2D eigenvalue weighted by atomic mass is 32.2. The van der Waals surface area contributed by atoms with Crippen LogP contribution in [0.25, 0.3) is 11.3 Å². The molecule has 1 aliphatic rings. The largest absolute Gasteiger partial charge is 0.854 e. The highest BCUT2D eigenvalue weighted by Crippen LogP contribution is 2.40. The Kier molecular flexibility index (Phi) is 6.46. The summed E-state index contributed by atoms with van der Waals surface area (Å²) in [5.74, 6) is 0.351. The van der Waals surface area contributed by atoms with Crippen molar-refractivity contribution in [3.05, 3.63) is 54.4 Å². The molecule has 160 valence electrons. The van der Waals surface area contributed by atoms with E-state index in [0.717, 1.165) is 18.6 Å². The zero-order valence-electron chi connectivity index (χ0n) is 17.7. The molecule has 2 aromatic heterocycles. The Morgan fingerprint density at radius 1 is 1.16 bits per heavy atom. The van der Waals surface area contributed by atoms with Gasteiger partial charge in [0.1, 0.15) is 5.69 Å². The molecule has 3 heterocycles. The molecular formula is C23H25N5O2S. The predicted molar refractivity (Wildman–Crippen MR) is 118 cm³/mol. The second-order valence-electron chi connectivity index (χ2n) is 7.44. The molecule has 3 aromatic rings. The van der Waals surface area contributed by atoms with Gasteiger partial charge >= 0.3 is 6.17 Å². The lowest BCUT2D eigenvalue weighted by Gasteiger charge is -2.32. The summed E-state index contributed by atoms with van der Waals surface area (Å²) in [6, 6.07) is 12.9. The maximum Gasteiger partial charge on any atom is 0.309 e. The summed E-state index contributed by atoms with van der Waals surface area (Å²) in [7, 11) is 0. The van der Waals surface area contributed by atoms with Crippen molar-refractivity contribution >= 4 is 23.4 Å². The minimum Gasteiger partial charge on any atom is -0.854 e. The van der Waals surface area contributed by atoms with Crippen LogP contribution in [0.3, 0.4) is 0 Å². The van der Waals surface area contributed by atoms with E-state index in [4.69, 9.17) is 5.10 Å². The molecule has 0 saturated carbocycles. The van der Waals surface area contributed by atoms with Crippen LogP contribution in [0.2, 0.25) is 0 Å². The summed E-state index contributed by atoms with van der Waals surface area (Å²) in [6.45, 7) is 3.69. The maximum absolute atomic E-state index is 13.1. The van der Waals surface area contributed by atoms with Crippen LogP contribution in [-0.2, 0) is 4.79 Å². The number of fused-ring (bicyclic) bond motifs is 3. The van der Waals surface area contributed by atoms with Crippen molar-refractivity contribution in [2.75, 3.05) is 10.7 Å². The van der Waals surface area contributed by atoms with Crippen LogP contribution < -0.4 is 14.7 Å². The molecule has 0 spiro atoms. The molecule has 0 N–H and O–H groups in total. The van der Waals surface area contributed by atoms with Crippen LogP contribution in [0.15, 0.2) is 53.8 Å². The monoisotopic (exact) mass is 435 g/mol. The molecule has 0 aliphatic carbocycles. The van der Waals surface area contributed by atoms with Gasteiger partial charge < -0.3 is 5.11 Å². The summed E-state index contributed by atoms with van der Waals surface area (Å²) in [5, 5.41) is 18.3. The van der Waals surface area contributed by atoms with Crippen molar-refractivity contribution < 1.29 is 14.6 Å². The molecule has 1 unspecified atom stereocenters. The Morgan fingerprint density at radius 2 is 1.97 bits per heavy atom. The van der Waals surface area contributed by atoms with E-state index in [2.05, 4.69) is 16.9 Å². The minimum atomic E-state index is -0.654. The summed E-state index contributed by atoms with van der Waals surface area (Å²) in [6.07, 6.45) is 5.58. The number of amides is 1. The third-order valence-corrected chi connectivity index (χ3v) is 6.16. The summed E-state index contributed by atoms with van der Waals surface area (Å²) >= 11 is 1.48. The van der Waals surface area contributed by atoms with E-state index in [1.165, 1.54) is 31.5 Å². The number of para-hydroxylation sites is 1. The number of anilines is 1. The van der Waals surface area contributed by atoms with Gasteiger partial charge in [0.25, 0.3) is 10.9 Å². The Balaban J connectivity index is 1.82. The zero-order valence-corrected chi connectivity index (χ0v) is 18.5. The maximum atomic E-state index is 13.1. The average Bonchev–Trinajstić information content (AvgIpc) is 2.78. The summed E-state index contributed by atoms with van der Waals surface area (Å²) in [4.78, 5) is 23.1. The van der Waals surface area contributed by atoms with Gasteiger partial charge in [-0.25, -0.2) is 9.88 Å². The highest BCUT2D eigenvalue weighted by Gasteiger charge is 2.44. The van der Waals surface area contributed by atoms with E-state index in [0.29, 0.717) is 27.8 Å². The van der Waals surface area contributed by atoms with E-state index in [1.54, 1.807) is 15.8 Å². The molecule has 0 radical (unpaired) electrons. The number of benzene rings is 1. The van der Waals surface area contributed by atoms with Crippen molar-refractivity contribution in [2.45, 2.75) is 50.9 Å². The summed E-state index contributed by atoms with van der Waals surface area (Å²) < 4.78 is 1.62. The van der Waals surface area contributed by atoms with Crippen LogP contribution in [0.1, 0.15) is 51.4 Å². The van der Waals surface area contributed by atoms with E-state index < -0.39 is 6.17 Å². The Hall–Kier alpha value is -3.00. The van der Waals surface area contributed by atoms with Gasteiger partial charge in [0.15, 0.2) is 0 Å². The predicted octanol–water partition coefficient (Wildman–Crippen LogP) is 3.49. The van der Waals surface area contributed by atoms with Crippen LogP contribution in [0.4, 0.5) is 5.69 Å².